The number of benzene rings is 1. The van der Waals surface area contributed by atoms with E-state index in [-0.39, 0.29) is 30.2 Å². The van der Waals surface area contributed by atoms with Gasteiger partial charge in [0.1, 0.15) is 18.2 Å². The molecule has 0 saturated carbocycles. The van der Waals surface area contributed by atoms with Crippen LogP contribution in [-0.2, 0) is 16.1 Å². The Balaban J connectivity index is 1.45. The van der Waals surface area contributed by atoms with E-state index in [2.05, 4.69) is 14.6 Å². The molecule has 2 fully saturated rings. The van der Waals surface area contributed by atoms with Crippen molar-refractivity contribution in [2.45, 2.75) is 12.9 Å². The normalized spacial score (nSPS) is 19.1. The first kappa shape index (κ1) is 19.5. The number of hydrogen-bond acceptors (Lipinski definition) is 5. The van der Waals surface area contributed by atoms with Crippen LogP contribution in [-0.4, -0.2) is 55.0 Å². The van der Waals surface area contributed by atoms with Crippen LogP contribution in [0.4, 0.5) is 19.0 Å². The van der Waals surface area contributed by atoms with Crippen molar-refractivity contribution >= 4 is 11.7 Å². The molecule has 0 radical (unpaired) electrons. The van der Waals surface area contributed by atoms with Gasteiger partial charge in [0.15, 0.2) is 0 Å². The Bertz CT molecular complexity index is 870. The van der Waals surface area contributed by atoms with E-state index in [1.807, 2.05) is 18.2 Å². The van der Waals surface area contributed by atoms with Crippen molar-refractivity contribution in [3.63, 3.8) is 0 Å². The summed E-state index contributed by atoms with van der Waals surface area (Å²) in [4.78, 5) is 20.6. The maximum absolute atomic E-state index is 12.5. The smallest absolute Gasteiger partial charge is 0.406 e. The summed E-state index contributed by atoms with van der Waals surface area (Å²) in [5, 5.41) is 0. The lowest BCUT2D eigenvalue weighted by Gasteiger charge is -2.51. The highest BCUT2D eigenvalue weighted by molar-refractivity contribution is 5.78. The van der Waals surface area contributed by atoms with Crippen molar-refractivity contribution in [2.75, 3.05) is 37.7 Å². The van der Waals surface area contributed by atoms with E-state index < -0.39 is 6.36 Å². The van der Waals surface area contributed by atoms with Gasteiger partial charge in [0.2, 0.25) is 5.91 Å². The van der Waals surface area contributed by atoms with Gasteiger partial charge in [-0.3, -0.25) is 4.79 Å². The number of ether oxygens (including phenoxy) is 2. The Morgan fingerprint density at radius 2 is 1.97 bits per heavy atom. The van der Waals surface area contributed by atoms with Crippen LogP contribution in [0.15, 0.2) is 48.7 Å². The molecule has 154 valence electrons. The van der Waals surface area contributed by atoms with Crippen molar-refractivity contribution in [2.24, 2.45) is 5.41 Å². The Labute approximate surface area is 165 Å². The second kappa shape index (κ2) is 7.55. The molecule has 0 aliphatic carbocycles. The number of pyridine rings is 1. The summed E-state index contributed by atoms with van der Waals surface area (Å²) in [7, 11) is 0. The van der Waals surface area contributed by atoms with Crippen molar-refractivity contribution in [3.8, 4) is 5.75 Å². The van der Waals surface area contributed by atoms with Crippen LogP contribution in [0.3, 0.4) is 0 Å². The first-order valence-electron chi connectivity index (χ1n) is 9.18. The Morgan fingerprint density at radius 3 is 2.69 bits per heavy atom. The molecule has 2 saturated heterocycles. The van der Waals surface area contributed by atoms with Crippen LogP contribution < -0.4 is 9.64 Å². The molecule has 1 spiro atoms. The monoisotopic (exact) mass is 407 g/mol. The minimum Gasteiger partial charge on any atom is -0.406 e. The van der Waals surface area contributed by atoms with Crippen LogP contribution >= 0.6 is 0 Å². The van der Waals surface area contributed by atoms with Crippen LogP contribution in [0.1, 0.15) is 5.56 Å². The summed E-state index contributed by atoms with van der Waals surface area (Å²) >= 11 is 0. The summed E-state index contributed by atoms with van der Waals surface area (Å²) in [5.41, 5.74) is 0.349. The lowest BCUT2D eigenvalue weighted by atomic mass is 9.80. The first-order valence-corrected chi connectivity index (χ1v) is 9.18. The molecule has 4 rings (SSSR count). The molecular formula is C20H20F3N3O3. The van der Waals surface area contributed by atoms with Gasteiger partial charge in [0, 0.05) is 37.8 Å². The molecular weight excluding hydrogens is 387 g/mol. The van der Waals surface area contributed by atoms with Gasteiger partial charge < -0.3 is 19.3 Å². The topological polar surface area (TPSA) is 54.9 Å². The fraction of sp³-hybridized carbons (Fsp3) is 0.400. The maximum atomic E-state index is 12.5. The number of anilines is 1. The second-order valence-corrected chi connectivity index (χ2v) is 7.48. The molecule has 9 heteroatoms. The zero-order chi connectivity index (χ0) is 20.5. The van der Waals surface area contributed by atoms with E-state index >= 15 is 0 Å². The molecule has 2 aromatic rings. The highest BCUT2D eigenvalue weighted by Gasteiger charge is 2.47. The van der Waals surface area contributed by atoms with Gasteiger partial charge in [0.25, 0.3) is 0 Å². The van der Waals surface area contributed by atoms with E-state index in [0.29, 0.717) is 31.8 Å². The lowest BCUT2D eigenvalue weighted by Crippen LogP contribution is -2.62. The summed E-state index contributed by atoms with van der Waals surface area (Å²) in [6, 6.07) is 11.4. The largest absolute Gasteiger partial charge is 0.573 e. The quantitative estimate of drug-likeness (QED) is 0.780. The number of rotatable bonds is 4. The minimum atomic E-state index is -4.75. The number of carbonyl (C=O) groups is 1. The molecule has 6 nitrogen and oxygen atoms in total. The summed E-state index contributed by atoms with van der Waals surface area (Å²) in [6.07, 6.45) is -3.02. The molecule has 1 aromatic carbocycles. The van der Waals surface area contributed by atoms with Crippen LogP contribution in [0, 0.1) is 5.41 Å². The van der Waals surface area contributed by atoms with Crippen molar-refractivity contribution in [3.05, 3.63) is 54.2 Å². The first-order chi connectivity index (χ1) is 13.8. The van der Waals surface area contributed by atoms with E-state index in [4.69, 9.17) is 4.74 Å². The molecule has 0 atom stereocenters. The van der Waals surface area contributed by atoms with Gasteiger partial charge in [-0.25, -0.2) is 4.98 Å². The average molecular weight is 407 g/mol. The molecule has 0 bridgehead atoms. The third-order valence-electron chi connectivity index (χ3n) is 5.04. The number of halogens is 3. The van der Waals surface area contributed by atoms with E-state index in [9.17, 15) is 18.0 Å². The van der Waals surface area contributed by atoms with Crippen LogP contribution in [0.25, 0.3) is 0 Å². The molecule has 2 aliphatic rings. The van der Waals surface area contributed by atoms with E-state index in [1.165, 1.54) is 18.2 Å². The minimum absolute atomic E-state index is 0.0376. The zero-order valence-electron chi connectivity index (χ0n) is 15.6. The molecule has 2 aliphatic heterocycles. The third-order valence-corrected chi connectivity index (χ3v) is 5.04. The SMILES string of the molecule is O=C1COCC2(CN1Cc1cccc(OC(F)(F)F)c1)CN(c1ccccn1)C2. The van der Waals surface area contributed by atoms with Crippen molar-refractivity contribution in [1.82, 2.24) is 9.88 Å². The van der Waals surface area contributed by atoms with E-state index in [1.54, 1.807) is 17.2 Å². The Kier molecular flexibility index (Phi) is 5.08. The predicted molar refractivity (Wildman–Crippen MR) is 98.2 cm³/mol. The van der Waals surface area contributed by atoms with Crippen molar-refractivity contribution in [1.29, 1.82) is 0 Å². The van der Waals surface area contributed by atoms with Gasteiger partial charge in [-0.2, -0.15) is 0 Å². The van der Waals surface area contributed by atoms with Crippen molar-refractivity contribution < 1.29 is 27.4 Å². The lowest BCUT2D eigenvalue weighted by molar-refractivity contribution is -0.274. The number of hydrogen-bond donors (Lipinski definition) is 0. The molecule has 1 amide bonds. The molecule has 3 heterocycles. The van der Waals surface area contributed by atoms with Gasteiger partial charge in [0.05, 0.1) is 6.61 Å². The molecule has 29 heavy (non-hydrogen) atoms. The summed E-state index contributed by atoms with van der Waals surface area (Å²) in [6.45, 7) is 2.48. The number of aromatic nitrogens is 1. The average Bonchev–Trinajstić information content (AvgIpc) is 2.80. The number of nitrogens with zero attached hydrogens (tertiary/aromatic N) is 3. The van der Waals surface area contributed by atoms with E-state index in [0.717, 1.165) is 5.82 Å². The predicted octanol–water partition coefficient (Wildman–Crippen LogP) is 2.85. The van der Waals surface area contributed by atoms with Gasteiger partial charge in [-0.1, -0.05) is 18.2 Å². The molecule has 0 unspecified atom stereocenters. The fourth-order valence-electron chi connectivity index (χ4n) is 3.85. The Hall–Kier alpha value is -2.81. The molecule has 0 N–H and O–H groups in total. The third kappa shape index (κ3) is 4.61. The maximum Gasteiger partial charge on any atom is 0.573 e. The fourth-order valence-corrected chi connectivity index (χ4v) is 3.85. The van der Waals surface area contributed by atoms with Gasteiger partial charge in [-0.15, -0.1) is 13.2 Å². The summed E-state index contributed by atoms with van der Waals surface area (Å²) in [5.74, 6) is 0.394. The highest BCUT2D eigenvalue weighted by atomic mass is 19.4. The second-order valence-electron chi connectivity index (χ2n) is 7.48. The van der Waals surface area contributed by atoms with Gasteiger partial charge in [-0.05, 0) is 29.8 Å². The summed E-state index contributed by atoms with van der Waals surface area (Å²) < 4.78 is 47.0. The number of carbonyl (C=O) groups excluding carboxylic acids is 1. The Morgan fingerprint density at radius 1 is 1.14 bits per heavy atom. The zero-order valence-corrected chi connectivity index (χ0v) is 15.6. The highest BCUT2D eigenvalue weighted by Crippen LogP contribution is 2.36. The van der Waals surface area contributed by atoms with Crippen LogP contribution in [0.5, 0.6) is 5.75 Å². The molecule has 1 aromatic heterocycles. The van der Waals surface area contributed by atoms with Gasteiger partial charge >= 0.3 is 6.36 Å². The number of amides is 1. The number of alkyl halides is 3. The standard InChI is InChI=1S/C20H20F3N3O3/c21-20(22,23)29-16-5-3-4-15(8-16)9-25-11-19(14-28-10-18(25)27)12-26(13-19)17-6-1-2-7-24-17/h1-8H,9-14H2. The van der Waals surface area contributed by atoms with Crippen LogP contribution in [0.2, 0.25) is 0 Å².